The summed E-state index contributed by atoms with van der Waals surface area (Å²) in [5.41, 5.74) is -0.0646. The lowest BCUT2D eigenvalue weighted by atomic mass is 10.0. The van der Waals surface area contributed by atoms with E-state index in [0.717, 1.165) is 12.1 Å². The van der Waals surface area contributed by atoms with E-state index < -0.39 is 17.7 Å². The van der Waals surface area contributed by atoms with Crippen LogP contribution in [0.2, 0.25) is 0 Å². The van der Waals surface area contributed by atoms with Crippen LogP contribution in [0.15, 0.2) is 18.2 Å². The van der Waals surface area contributed by atoms with Gasteiger partial charge in [-0.1, -0.05) is 0 Å². The van der Waals surface area contributed by atoms with Crippen LogP contribution in [0.25, 0.3) is 0 Å². The molecule has 3 unspecified atom stereocenters. The van der Waals surface area contributed by atoms with E-state index in [4.69, 9.17) is 4.74 Å². The number of halogens is 2. The van der Waals surface area contributed by atoms with Crippen LogP contribution in [-0.2, 0) is 4.74 Å². The summed E-state index contributed by atoms with van der Waals surface area (Å²) >= 11 is 0. The molecule has 0 aliphatic carbocycles. The van der Waals surface area contributed by atoms with Gasteiger partial charge in [-0.25, -0.2) is 8.78 Å². The second-order valence-corrected chi connectivity index (χ2v) is 5.35. The quantitative estimate of drug-likeness (QED) is 0.799. The van der Waals surface area contributed by atoms with Gasteiger partial charge in [-0.05, 0) is 32.9 Å². The van der Waals surface area contributed by atoms with Gasteiger partial charge in [0.25, 0.3) is 0 Å². The first-order chi connectivity index (χ1) is 9.40. The molecule has 1 aromatic rings. The van der Waals surface area contributed by atoms with Crippen LogP contribution in [0.3, 0.4) is 0 Å². The number of nitrogens with zero attached hydrogens (tertiary/aromatic N) is 1. The fourth-order valence-corrected chi connectivity index (χ4v) is 2.53. The van der Waals surface area contributed by atoms with Gasteiger partial charge in [-0.15, -0.1) is 0 Å². The predicted octanol–water partition coefficient (Wildman–Crippen LogP) is 2.65. The molecule has 1 aromatic carbocycles. The largest absolute Gasteiger partial charge is 0.376 e. The molecule has 0 saturated carbocycles. The Hall–Kier alpha value is -1.33. The maximum absolute atomic E-state index is 13.7. The Balaban J connectivity index is 2.19. The Labute approximate surface area is 117 Å². The lowest BCUT2D eigenvalue weighted by Gasteiger charge is -2.40. The van der Waals surface area contributed by atoms with E-state index >= 15 is 0 Å². The third-order valence-corrected chi connectivity index (χ3v) is 3.73. The summed E-state index contributed by atoms with van der Waals surface area (Å²) in [6.07, 6.45) is 0.0412. The molecule has 110 valence electrons. The van der Waals surface area contributed by atoms with Crippen molar-refractivity contribution >= 4 is 5.78 Å². The standard InChI is InChI=1S/C15H19F2NO2/c1-9-8-20-10(2)7-18(9)11(3)15(19)13-5-4-12(16)6-14(13)17/h4-6,9-11H,7-8H2,1-3H3. The molecule has 1 aliphatic heterocycles. The van der Waals surface area contributed by atoms with Crippen LogP contribution >= 0.6 is 0 Å². The van der Waals surface area contributed by atoms with Gasteiger partial charge in [0.15, 0.2) is 5.78 Å². The topological polar surface area (TPSA) is 29.5 Å². The normalized spacial score (nSPS) is 25.4. The number of morpholine rings is 1. The average molecular weight is 283 g/mol. The van der Waals surface area contributed by atoms with Gasteiger partial charge < -0.3 is 4.74 Å². The van der Waals surface area contributed by atoms with E-state index in [1.807, 2.05) is 18.7 Å². The first-order valence-corrected chi connectivity index (χ1v) is 6.76. The summed E-state index contributed by atoms with van der Waals surface area (Å²) in [6, 6.07) is 2.68. The summed E-state index contributed by atoms with van der Waals surface area (Å²) in [4.78, 5) is 14.4. The summed E-state index contributed by atoms with van der Waals surface area (Å²) < 4.78 is 32.1. The molecule has 3 nitrogen and oxygen atoms in total. The Kier molecular flexibility index (Phi) is 4.50. The Morgan fingerprint density at radius 1 is 1.40 bits per heavy atom. The van der Waals surface area contributed by atoms with Crippen molar-refractivity contribution in [3.63, 3.8) is 0 Å². The SMILES string of the molecule is CC1CN(C(C)C(=O)c2ccc(F)cc2F)C(C)CO1. The van der Waals surface area contributed by atoms with Crippen molar-refractivity contribution in [1.82, 2.24) is 4.90 Å². The van der Waals surface area contributed by atoms with Crippen molar-refractivity contribution in [1.29, 1.82) is 0 Å². The van der Waals surface area contributed by atoms with Gasteiger partial charge in [0, 0.05) is 18.7 Å². The lowest BCUT2D eigenvalue weighted by Crippen LogP contribution is -2.53. The number of carbonyl (C=O) groups excluding carboxylic acids is 1. The molecule has 1 fully saturated rings. The Morgan fingerprint density at radius 2 is 2.10 bits per heavy atom. The highest BCUT2D eigenvalue weighted by Crippen LogP contribution is 2.19. The van der Waals surface area contributed by atoms with Crippen LogP contribution in [0.5, 0.6) is 0 Å². The average Bonchev–Trinajstić information content (AvgIpc) is 2.40. The zero-order chi connectivity index (χ0) is 14.9. The van der Waals surface area contributed by atoms with Crippen molar-refractivity contribution in [3.8, 4) is 0 Å². The zero-order valence-corrected chi connectivity index (χ0v) is 11.9. The van der Waals surface area contributed by atoms with Gasteiger partial charge in [0.05, 0.1) is 24.3 Å². The van der Waals surface area contributed by atoms with Crippen molar-refractivity contribution in [3.05, 3.63) is 35.4 Å². The van der Waals surface area contributed by atoms with Crippen LogP contribution < -0.4 is 0 Å². The number of Topliss-reactive ketones (excluding diaryl/α,β-unsaturated/α-hetero) is 1. The number of hydrogen-bond acceptors (Lipinski definition) is 3. The molecule has 1 saturated heterocycles. The Morgan fingerprint density at radius 3 is 2.75 bits per heavy atom. The Bertz CT molecular complexity index is 507. The molecule has 5 heteroatoms. The number of hydrogen-bond donors (Lipinski definition) is 0. The number of ketones is 1. The molecule has 1 heterocycles. The summed E-state index contributed by atoms with van der Waals surface area (Å²) in [5.74, 6) is -1.82. The van der Waals surface area contributed by atoms with Gasteiger partial charge in [-0.3, -0.25) is 9.69 Å². The molecule has 2 rings (SSSR count). The van der Waals surface area contributed by atoms with Gasteiger partial charge in [-0.2, -0.15) is 0 Å². The highest BCUT2D eigenvalue weighted by molar-refractivity contribution is 6.00. The van der Waals surface area contributed by atoms with E-state index in [1.54, 1.807) is 6.92 Å². The van der Waals surface area contributed by atoms with Crippen LogP contribution in [0.4, 0.5) is 8.78 Å². The fraction of sp³-hybridized carbons (Fsp3) is 0.533. The molecule has 0 spiro atoms. The minimum Gasteiger partial charge on any atom is -0.376 e. The summed E-state index contributed by atoms with van der Waals surface area (Å²) in [5, 5.41) is 0. The third kappa shape index (κ3) is 3.04. The maximum Gasteiger partial charge on any atom is 0.182 e. The van der Waals surface area contributed by atoms with Gasteiger partial charge in [0.2, 0.25) is 0 Å². The molecular weight excluding hydrogens is 264 g/mol. The van der Waals surface area contributed by atoms with Gasteiger partial charge in [0.1, 0.15) is 11.6 Å². The second-order valence-electron chi connectivity index (χ2n) is 5.35. The molecule has 0 radical (unpaired) electrons. The first-order valence-electron chi connectivity index (χ1n) is 6.76. The molecule has 0 N–H and O–H groups in total. The fourth-order valence-electron chi connectivity index (χ4n) is 2.53. The molecule has 3 atom stereocenters. The molecule has 0 amide bonds. The maximum atomic E-state index is 13.7. The van der Waals surface area contributed by atoms with E-state index in [9.17, 15) is 13.6 Å². The highest BCUT2D eigenvalue weighted by Gasteiger charge is 2.32. The summed E-state index contributed by atoms with van der Waals surface area (Å²) in [6.45, 7) is 6.83. The second kappa shape index (κ2) is 5.97. The van der Waals surface area contributed by atoms with E-state index in [2.05, 4.69) is 0 Å². The summed E-state index contributed by atoms with van der Waals surface area (Å²) in [7, 11) is 0. The van der Waals surface area contributed by atoms with Crippen LogP contribution in [-0.4, -0.2) is 42.0 Å². The number of ether oxygens (including phenoxy) is 1. The minimum atomic E-state index is -0.809. The van der Waals surface area contributed by atoms with Crippen LogP contribution in [0, 0.1) is 11.6 Å². The first kappa shape index (κ1) is 15.1. The van der Waals surface area contributed by atoms with Crippen molar-refractivity contribution in [2.24, 2.45) is 0 Å². The predicted molar refractivity (Wildman–Crippen MR) is 71.7 cm³/mol. The molecule has 1 aliphatic rings. The number of carbonyl (C=O) groups is 1. The lowest BCUT2D eigenvalue weighted by molar-refractivity contribution is -0.0585. The third-order valence-electron chi connectivity index (χ3n) is 3.73. The highest BCUT2D eigenvalue weighted by atomic mass is 19.1. The molecule has 20 heavy (non-hydrogen) atoms. The number of rotatable bonds is 3. The smallest absolute Gasteiger partial charge is 0.182 e. The van der Waals surface area contributed by atoms with E-state index in [0.29, 0.717) is 13.2 Å². The van der Waals surface area contributed by atoms with Crippen LogP contribution in [0.1, 0.15) is 31.1 Å². The number of benzene rings is 1. The molecule has 0 bridgehead atoms. The van der Waals surface area contributed by atoms with Crippen molar-refractivity contribution in [2.45, 2.75) is 39.0 Å². The minimum absolute atomic E-state index is 0.0412. The van der Waals surface area contributed by atoms with E-state index in [-0.39, 0.29) is 23.5 Å². The van der Waals surface area contributed by atoms with Crippen molar-refractivity contribution < 1.29 is 18.3 Å². The van der Waals surface area contributed by atoms with E-state index in [1.165, 1.54) is 6.07 Å². The monoisotopic (exact) mass is 283 g/mol. The van der Waals surface area contributed by atoms with Gasteiger partial charge >= 0.3 is 0 Å². The molecular formula is C15H19F2NO2. The zero-order valence-electron chi connectivity index (χ0n) is 11.9. The molecule has 0 aromatic heterocycles. The van der Waals surface area contributed by atoms with Crippen molar-refractivity contribution in [2.75, 3.05) is 13.2 Å².